The topological polar surface area (TPSA) is 105 Å². The molecular weight excluding hydrogens is 412 g/mol. The van der Waals surface area contributed by atoms with E-state index in [-0.39, 0.29) is 16.3 Å². The van der Waals surface area contributed by atoms with Crippen molar-refractivity contribution in [2.45, 2.75) is 64.7 Å². The van der Waals surface area contributed by atoms with Gasteiger partial charge in [0, 0.05) is 28.8 Å². The third-order valence-corrected chi connectivity index (χ3v) is 6.05. The fourth-order valence-corrected chi connectivity index (χ4v) is 4.59. The zero-order valence-corrected chi connectivity index (χ0v) is 19.3. The van der Waals surface area contributed by atoms with Gasteiger partial charge in [0.2, 0.25) is 0 Å². The van der Waals surface area contributed by atoms with Gasteiger partial charge in [-0.2, -0.15) is 0 Å². The summed E-state index contributed by atoms with van der Waals surface area (Å²) in [7, 11) is 3.10. The Labute approximate surface area is 187 Å². The molecule has 0 fully saturated rings. The van der Waals surface area contributed by atoms with Crippen LogP contribution in [0, 0.1) is 20.2 Å². The molecule has 32 heavy (non-hydrogen) atoms. The number of rotatable bonds is 4. The second kappa shape index (κ2) is 9.14. The van der Waals surface area contributed by atoms with E-state index >= 15 is 0 Å². The first-order chi connectivity index (χ1) is 15.1. The minimum absolute atomic E-state index is 0.0125. The number of nitro groups is 2. The van der Waals surface area contributed by atoms with Gasteiger partial charge in [0.1, 0.15) is 11.5 Å². The highest BCUT2D eigenvalue weighted by Gasteiger charge is 2.33. The maximum absolute atomic E-state index is 12.2. The first-order valence-corrected chi connectivity index (χ1v) is 10.8. The SMILES string of the molecule is COc1c2cc([N+](=O)[O-])cc1CCc1c(OC)c(cc(C(C)(C)C)c1[N+](=O)[O-])CCCC2. The molecule has 0 saturated heterocycles. The number of ether oxygens (including phenoxy) is 2. The molecule has 3 rings (SSSR count). The molecule has 0 spiro atoms. The summed E-state index contributed by atoms with van der Waals surface area (Å²) in [5.74, 6) is 1.18. The minimum atomic E-state index is -0.425. The molecule has 4 bridgehead atoms. The second-order valence-corrected chi connectivity index (χ2v) is 9.21. The zero-order chi connectivity index (χ0) is 23.6. The molecular formula is C24H30N2O6. The van der Waals surface area contributed by atoms with Gasteiger partial charge in [-0.1, -0.05) is 20.8 Å². The average Bonchev–Trinajstić information content (AvgIpc) is 2.72. The third kappa shape index (κ3) is 4.54. The Bertz CT molecular complexity index is 1060. The van der Waals surface area contributed by atoms with Crippen LogP contribution in [0.1, 0.15) is 61.4 Å². The lowest BCUT2D eigenvalue weighted by molar-refractivity contribution is -0.386. The number of hydrogen-bond acceptors (Lipinski definition) is 6. The maximum atomic E-state index is 12.2. The Kier molecular flexibility index (Phi) is 6.71. The summed E-state index contributed by atoms with van der Waals surface area (Å²) < 4.78 is 11.3. The van der Waals surface area contributed by atoms with Crippen LogP contribution in [-0.2, 0) is 31.1 Å². The van der Waals surface area contributed by atoms with Crippen LogP contribution >= 0.6 is 0 Å². The Morgan fingerprint density at radius 1 is 0.781 bits per heavy atom. The zero-order valence-electron chi connectivity index (χ0n) is 19.3. The van der Waals surface area contributed by atoms with E-state index in [1.54, 1.807) is 20.3 Å². The predicted octanol–water partition coefficient (Wildman–Crippen LogP) is 5.48. The molecule has 2 aromatic carbocycles. The highest BCUT2D eigenvalue weighted by Crippen LogP contribution is 2.43. The largest absolute Gasteiger partial charge is 0.496 e. The van der Waals surface area contributed by atoms with Crippen LogP contribution in [0.2, 0.25) is 0 Å². The maximum Gasteiger partial charge on any atom is 0.280 e. The van der Waals surface area contributed by atoms with Crippen molar-refractivity contribution in [2.24, 2.45) is 0 Å². The van der Waals surface area contributed by atoms with Gasteiger partial charge in [0.05, 0.1) is 29.6 Å². The van der Waals surface area contributed by atoms with Gasteiger partial charge < -0.3 is 9.47 Å². The Morgan fingerprint density at radius 2 is 1.31 bits per heavy atom. The first kappa shape index (κ1) is 23.5. The third-order valence-electron chi connectivity index (χ3n) is 6.05. The fourth-order valence-electron chi connectivity index (χ4n) is 4.59. The molecule has 1 aliphatic rings. The van der Waals surface area contributed by atoms with E-state index in [0.717, 1.165) is 24.0 Å². The molecule has 172 valence electrons. The Hall–Kier alpha value is -3.16. The smallest absolute Gasteiger partial charge is 0.280 e. The first-order valence-electron chi connectivity index (χ1n) is 10.8. The average molecular weight is 443 g/mol. The number of fused-ring (bicyclic) bond motifs is 4. The van der Waals surface area contributed by atoms with Gasteiger partial charge in [-0.3, -0.25) is 20.2 Å². The molecule has 8 nitrogen and oxygen atoms in total. The van der Waals surface area contributed by atoms with E-state index in [2.05, 4.69) is 0 Å². The molecule has 0 atom stereocenters. The molecule has 0 aromatic heterocycles. The van der Waals surface area contributed by atoms with Crippen molar-refractivity contribution in [3.63, 3.8) is 0 Å². The minimum Gasteiger partial charge on any atom is -0.496 e. The van der Waals surface area contributed by atoms with Gasteiger partial charge in [0.15, 0.2) is 0 Å². The summed E-state index contributed by atoms with van der Waals surface area (Å²) >= 11 is 0. The van der Waals surface area contributed by atoms with Gasteiger partial charge in [-0.05, 0) is 55.6 Å². The Morgan fingerprint density at radius 3 is 1.78 bits per heavy atom. The van der Waals surface area contributed by atoms with Gasteiger partial charge in [0.25, 0.3) is 11.4 Å². The van der Waals surface area contributed by atoms with Crippen LogP contribution in [0.15, 0.2) is 18.2 Å². The standard InChI is InChI=1S/C24H30N2O6/c1-24(2,3)20-14-16-9-7-6-8-15-12-18(25(27)28)13-17(22(15)31-4)10-11-19(23(16)32-5)21(20)26(29)30/h12-14H,6-11H2,1-5H3. The number of nitrogens with zero attached hydrogens (tertiary/aromatic N) is 2. The molecule has 0 unspecified atom stereocenters. The molecule has 2 aromatic rings. The van der Waals surface area contributed by atoms with E-state index in [9.17, 15) is 20.2 Å². The quantitative estimate of drug-likeness (QED) is 0.458. The van der Waals surface area contributed by atoms with Gasteiger partial charge >= 0.3 is 0 Å². The van der Waals surface area contributed by atoms with Crippen molar-refractivity contribution < 1.29 is 19.3 Å². The molecule has 0 heterocycles. The highest BCUT2D eigenvalue weighted by molar-refractivity contribution is 5.62. The monoisotopic (exact) mass is 442 g/mol. The van der Waals surface area contributed by atoms with Crippen molar-refractivity contribution in [3.05, 3.63) is 66.2 Å². The number of benzene rings is 2. The van der Waals surface area contributed by atoms with Crippen LogP contribution in [0.3, 0.4) is 0 Å². The summed E-state index contributed by atoms with van der Waals surface area (Å²) in [6.45, 7) is 5.90. The van der Waals surface area contributed by atoms with Crippen LogP contribution in [0.25, 0.3) is 0 Å². The predicted molar refractivity (Wildman–Crippen MR) is 122 cm³/mol. The second-order valence-electron chi connectivity index (χ2n) is 9.21. The van der Waals surface area contributed by atoms with Crippen molar-refractivity contribution in [3.8, 4) is 11.5 Å². The van der Waals surface area contributed by atoms with E-state index in [1.807, 2.05) is 26.8 Å². The van der Waals surface area contributed by atoms with Gasteiger partial charge in [-0.25, -0.2) is 0 Å². The molecule has 0 radical (unpaired) electrons. The number of hydrogen-bond donors (Lipinski definition) is 0. The van der Waals surface area contributed by atoms with E-state index in [1.165, 1.54) is 6.07 Å². The normalized spacial score (nSPS) is 14.2. The number of nitro benzene ring substituents is 2. The van der Waals surface area contributed by atoms with Crippen LogP contribution in [-0.4, -0.2) is 24.1 Å². The molecule has 0 amide bonds. The fraction of sp³-hybridized carbons (Fsp3) is 0.500. The lowest BCUT2D eigenvalue weighted by Gasteiger charge is -2.24. The van der Waals surface area contributed by atoms with Crippen LogP contribution in [0.5, 0.6) is 11.5 Å². The van der Waals surface area contributed by atoms with E-state index in [4.69, 9.17) is 9.47 Å². The van der Waals surface area contributed by atoms with Crippen molar-refractivity contribution in [1.29, 1.82) is 0 Å². The van der Waals surface area contributed by atoms with Crippen LogP contribution in [0.4, 0.5) is 11.4 Å². The molecule has 1 aliphatic carbocycles. The summed E-state index contributed by atoms with van der Waals surface area (Å²) in [5.41, 5.74) is 3.33. The molecule has 8 heteroatoms. The van der Waals surface area contributed by atoms with Crippen molar-refractivity contribution in [2.75, 3.05) is 14.2 Å². The lowest BCUT2D eigenvalue weighted by atomic mass is 9.81. The summed E-state index contributed by atoms with van der Waals surface area (Å²) in [4.78, 5) is 23.0. The van der Waals surface area contributed by atoms with E-state index in [0.29, 0.717) is 53.9 Å². The van der Waals surface area contributed by atoms with Gasteiger partial charge in [-0.15, -0.1) is 0 Å². The summed E-state index contributed by atoms with van der Waals surface area (Å²) in [6.07, 6.45) is 3.67. The van der Waals surface area contributed by atoms with E-state index < -0.39 is 10.3 Å². The number of methoxy groups -OCH3 is 2. The molecule has 0 saturated carbocycles. The number of non-ortho nitro benzene ring substituents is 1. The molecule has 0 aliphatic heterocycles. The summed E-state index contributed by atoms with van der Waals surface area (Å²) in [6, 6.07) is 5.02. The van der Waals surface area contributed by atoms with Crippen LogP contribution < -0.4 is 9.47 Å². The summed E-state index contributed by atoms with van der Waals surface area (Å²) in [5, 5.41) is 23.7. The van der Waals surface area contributed by atoms with Crippen molar-refractivity contribution >= 4 is 11.4 Å². The van der Waals surface area contributed by atoms with Crippen molar-refractivity contribution in [1.82, 2.24) is 0 Å². The molecule has 0 N–H and O–H groups in total. The number of aryl methyl sites for hydroxylation is 3. The highest BCUT2D eigenvalue weighted by atomic mass is 16.6. The lowest BCUT2D eigenvalue weighted by Crippen LogP contribution is -2.17. The Balaban J connectivity index is 2.27.